The molecule has 3 atom stereocenters. The molecule has 4 aromatic rings. The van der Waals surface area contributed by atoms with E-state index in [0.29, 0.717) is 38.8 Å². The Kier molecular flexibility index (Phi) is 6.29. The molecule has 6 nitrogen and oxygen atoms in total. The molecule has 0 aromatic heterocycles. The Balaban J connectivity index is 1.58. The molecule has 0 bridgehead atoms. The molecule has 1 fully saturated rings. The number of ketones is 3. The molecule has 2 aliphatic heterocycles. The number of anilines is 1. The van der Waals surface area contributed by atoms with Crippen LogP contribution in [0.25, 0.3) is 6.08 Å². The van der Waals surface area contributed by atoms with Crippen molar-refractivity contribution in [2.75, 3.05) is 19.1 Å². The second-order valence-corrected chi connectivity index (χ2v) is 11.7. The molecule has 0 N–H and O–H groups in total. The van der Waals surface area contributed by atoms with Gasteiger partial charge in [-0.05, 0) is 55.0 Å². The van der Waals surface area contributed by atoms with Crippen molar-refractivity contribution in [1.82, 2.24) is 0 Å². The molecule has 1 aliphatic carbocycles. The van der Waals surface area contributed by atoms with Gasteiger partial charge in [0.15, 0.2) is 28.8 Å². The minimum atomic E-state index is -1.64. The standard InChI is InChI=1S/C36H28ClNO5/c1-20-11-17-27-22(19-20)14-18-29-36(34(40)24-7-4-5-8-25(24)35(36)41)30(26-9-6-10-28(42-2)33(26)43-3)31(38(27)29)32(39)21-12-15-23(37)16-13-21/h4-19,29-31H,1-3H3/t29-,30+,31+/m0/s1. The first kappa shape index (κ1) is 27.2. The number of hydrogen-bond donors (Lipinski definition) is 0. The zero-order valence-corrected chi connectivity index (χ0v) is 24.6. The van der Waals surface area contributed by atoms with Crippen molar-refractivity contribution >= 4 is 40.7 Å². The van der Waals surface area contributed by atoms with Crippen LogP contribution in [0.2, 0.25) is 5.02 Å². The van der Waals surface area contributed by atoms with Crippen LogP contribution < -0.4 is 14.4 Å². The normalized spacial score (nSPS) is 21.0. The highest BCUT2D eigenvalue weighted by molar-refractivity contribution is 6.32. The van der Waals surface area contributed by atoms with Gasteiger partial charge in [-0.2, -0.15) is 0 Å². The molecule has 1 spiro atoms. The number of ether oxygens (including phenoxy) is 2. The summed E-state index contributed by atoms with van der Waals surface area (Å²) in [6.45, 7) is 2.01. The number of nitrogens with zero attached hydrogens (tertiary/aromatic N) is 1. The van der Waals surface area contributed by atoms with Gasteiger partial charge in [0, 0.05) is 38.9 Å². The molecule has 0 unspecified atom stereocenters. The summed E-state index contributed by atoms with van der Waals surface area (Å²) in [5, 5.41) is 0.502. The summed E-state index contributed by atoms with van der Waals surface area (Å²) in [5.41, 5.74) is 2.82. The Bertz CT molecular complexity index is 1830. The lowest BCUT2D eigenvalue weighted by atomic mass is 9.64. The minimum Gasteiger partial charge on any atom is -0.493 e. The summed E-state index contributed by atoms with van der Waals surface area (Å²) in [6.07, 6.45) is 3.88. The third-order valence-electron chi connectivity index (χ3n) is 9.13. The van der Waals surface area contributed by atoms with Gasteiger partial charge in [0.05, 0.1) is 20.3 Å². The lowest BCUT2D eigenvalue weighted by Crippen LogP contribution is -2.48. The summed E-state index contributed by atoms with van der Waals surface area (Å²) >= 11 is 6.20. The predicted molar refractivity (Wildman–Crippen MR) is 166 cm³/mol. The van der Waals surface area contributed by atoms with Crippen LogP contribution >= 0.6 is 11.6 Å². The Labute approximate surface area is 254 Å². The molecule has 214 valence electrons. The molecular formula is C36H28ClNO5. The lowest BCUT2D eigenvalue weighted by Gasteiger charge is -2.37. The molecule has 4 aromatic carbocycles. The summed E-state index contributed by atoms with van der Waals surface area (Å²) in [7, 11) is 3.06. The molecular weight excluding hydrogens is 562 g/mol. The Morgan fingerprint density at radius 2 is 1.56 bits per heavy atom. The van der Waals surface area contributed by atoms with Crippen LogP contribution in [0.1, 0.15) is 53.7 Å². The predicted octanol–water partition coefficient (Wildman–Crippen LogP) is 6.98. The van der Waals surface area contributed by atoms with E-state index in [2.05, 4.69) is 0 Å². The highest BCUT2D eigenvalue weighted by Crippen LogP contribution is 2.62. The van der Waals surface area contributed by atoms with Gasteiger partial charge in [0.2, 0.25) is 0 Å². The van der Waals surface area contributed by atoms with E-state index in [-0.39, 0.29) is 17.3 Å². The van der Waals surface area contributed by atoms with Gasteiger partial charge < -0.3 is 14.4 Å². The van der Waals surface area contributed by atoms with E-state index in [1.807, 2.05) is 48.2 Å². The minimum absolute atomic E-state index is 0.230. The first-order valence-corrected chi connectivity index (χ1v) is 14.5. The van der Waals surface area contributed by atoms with E-state index in [9.17, 15) is 14.4 Å². The number of benzene rings is 4. The van der Waals surface area contributed by atoms with Crippen molar-refractivity contribution in [2.24, 2.45) is 5.41 Å². The van der Waals surface area contributed by atoms with E-state index in [1.54, 1.807) is 60.7 Å². The zero-order chi connectivity index (χ0) is 30.0. The smallest absolute Gasteiger partial charge is 0.185 e. The summed E-state index contributed by atoms with van der Waals surface area (Å²) in [6, 6.07) is 23.4. The molecule has 0 radical (unpaired) electrons. The maximum Gasteiger partial charge on any atom is 0.185 e. The van der Waals surface area contributed by atoms with E-state index in [1.165, 1.54) is 14.2 Å². The van der Waals surface area contributed by atoms with Crippen LogP contribution in [0, 0.1) is 12.3 Å². The summed E-state index contributed by atoms with van der Waals surface area (Å²) in [4.78, 5) is 46.5. The Morgan fingerprint density at radius 3 is 2.21 bits per heavy atom. The molecule has 7 rings (SSSR count). The van der Waals surface area contributed by atoms with Gasteiger partial charge >= 0.3 is 0 Å². The van der Waals surface area contributed by atoms with Crippen molar-refractivity contribution in [1.29, 1.82) is 0 Å². The fourth-order valence-corrected chi connectivity index (χ4v) is 7.51. The number of Topliss-reactive ketones (excluding diaryl/α,β-unsaturated/α-hetero) is 3. The first-order chi connectivity index (χ1) is 20.8. The fraction of sp³-hybridized carbons (Fsp3) is 0.194. The van der Waals surface area contributed by atoms with E-state index in [0.717, 1.165) is 16.8 Å². The van der Waals surface area contributed by atoms with Crippen molar-refractivity contribution in [2.45, 2.75) is 24.9 Å². The van der Waals surface area contributed by atoms with Gasteiger partial charge in [0.25, 0.3) is 0 Å². The largest absolute Gasteiger partial charge is 0.493 e. The van der Waals surface area contributed by atoms with Gasteiger partial charge in [0.1, 0.15) is 11.5 Å². The third kappa shape index (κ3) is 3.69. The third-order valence-corrected chi connectivity index (χ3v) is 9.38. The number of fused-ring (bicyclic) bond motifs is 5. The van der Waals surface area contributed by atoms with Gasteiger partial charge in [-0.15, -0.1) is 0 Å². The number of para-hydroxylation sites is 1. The average molecular weight is 590 g/mol. The monoisotopic (exact) mass is 589 g/mol. The molecule has 0 saturated carbocycles. The molecule has 3 aliphatic rings. The van der Waals surface area contributed by atoms with Crippen molar-refractivity contribution in [3.8, 4) is 11.5 Å². The van der Waals surface area contributed by atoms with Crippen molar-refractivity contribution in [3.05, 3.63) is 129 Å². The molecule has 43 heavy (non-hydrogen) atoms. The van der Waals surface area contributed by atoms with Crippen LogP contribution in [-0.4, -0.2) is 43.7 Å². The fourth-order valence-electron chi connectivity index (χ4n) is 7.38. The number of methoxy groups -OCH3 is 2. The van der Waals surface area contributed by atoms with Crippen LogP contribution in [0.15, 0.2) is 91.0 Å². The Morgan fingerprint density at radius 1 is 0.860 bits per heavy atom. The zero-order valence-electron chi connectivity index (χ0n) is 23.8. The second kappa shape index (κ2) is 9.96. The number of carbonyl (C=O) groups is 3. The highest BCUT2D eigenvalue weighted by Gasteiger charge is 2.72. The Hall–Kier alpha value is -4.68. The van der Waals surface area contributed by atoms with Gasteiger partial charge in [-0.1, -0.05) is 71.8 Å². The van der Waals surface area contributed by atoms with Crippen LogP contribution in [0.3, 0.4) is 0 Å². The van der Waals surface area contributed by atoms with Gasteiger partial charge in [-0.25, -0.2) is 0 Å². The second-order valence-electron chi connectivity index (χ2n) is 11.2. The topological polar surface area (TPSA) is 72.9 Å². The molecule has 7 heteroatoms. The molecule has 2 heterocycles. The lowest BCUT2D eigenvalue weighted by molar-refractivity contribution is 0.0664. The SMILES string of the molecule is COc1cccc([C@@H]2[C@H](C(=O)c3ccc(Cl)cc3)N3c4ccc(C)cc4C=C[C@H]3C23C(=O)c2ccccc2C3=O)c1OC. The van der Waals surface area contributed by atoms with Crippen LogP contribution in [-0.2, 0) is 0 Å². The molecule has 1 saturated heterocycles. The maximum atomic E-state index is 14.9. The first-order valence-electron chi connectivity index (χ1n) is 14.1. The quantitative estimate of drug-likeness (QED) is 0.185. The van der Waals surface area contributed by atoms with Crippen LogP contribution in [0.4, 0.5) is 5.69 Å². The number of hydrogen-bond acceptors (Lipinski definition) is 6. The maximum absolute atomic E-state index is 14.9. The highest BCUT2D eigenvalue weighted by atomic mass is 35.5. The number of halogens is 1. The summed E-state index contributed by atoms with van der Waals surface area (Å²) < 4.78 is 11.6. The number of rotatable bonds is 5. The van der Waals surface area contributed by atoms with Gasteiger partial charge in [-0.3, -0.25) is 14.4 Å². The van der Waals surface area contributed by atoms with Crippen LogP contribution in [0.5, 0.6) is 11.5 Å². The number of aryl methyl sites for hydroxylation is 1. The van der Waals surface area contributed by atoms with Crippen molar-refractivity contribution < 1.29 is 23.9 Å². The summed E-state index contributed by atoms with van der Waals surface area (Å²) in [5.74, 6) is -0.927. The van der Waals surface area contributed by atoms with Crippen molar-refractivity contribution in [3.63, 3.8) is 0 Å². The number of carbonyl (C=O) groups excluding carboxylic acids is 3. The van der Waals surface area contributed by atoms with E-state index in [4.69, 9.17) is 21.1 Å². The van der Waals surface area contributed by atoms with E-state index < -0.39 is 23.4 Å². The molecule has 0 amide bonds. The average Bonchev–Trinajstić information content (AvgIpc) is 3.46. The van der Waals surface area contributed by atoms with E-state index >= 15 is 0 Å².